The van der Waals surface area contributed by atoms with Crippen LogP contribution < -0.4 is 5.32 Å². The van der Waals surface area contributed by atoms with E-state index in [0.717, 1.165) is 50.8 Å². The van der Waals surface area contributed by atoms with E-state index in [1.54, 1.807) is 35.0 Å². The van der Waals surface area contributed by atoms with Crippen molar-refractivity contribution in [1.29, 1.82) is 10.5 Å². The molecule has 1 aromatic carbocycles. The summed E-state index contributed by atoms with van der Waals surface area (Å²) in [6.45, 7) is 2.18. The number of nitriles is 2. The summed E-state index contributed by atoms with van der Waals surface area (Å²) in [6, 6.07) is 9.33. The lowest BCUT2D eigenvalue weighted by molar-refractivity contribution is -0.148. The smallest absolute Gasteiger partial charge is 0.242 e. The van der Waals surface area contributed by atoms with Crippen LogP contribution >= 0.6 is 11.6 Å². The average Bonchev–Trinajstić information content (AvgIpc) is 2.93. The molecule has 3 unspecified atom stereocenters. The number of carbonyl (C=O) groups excluding carboxylic acids is 3. The van der Waals surface area contributed by atoms with E-state index >= 15 is 0 Å². The zero-order valence-corrected chi connectivity index (χ0v) is 22.6. The molecule has 3 fully saturated rings. The number of rotatable bonds is 7. The van der Waals surface area contributed by atoms with Crippen LogP contribution in [0.25, 0.3) is 0 Å². The number of hydrogen-bond donors (Lipinski definition) is 1. The van der Waals surface area contributed by atoms with Crippen LogP contribution in [0.1, 0.15) is 56.1 Å². The Bertz CT molecular complexity index is 1140. The van der Waals surface area contributed by atoms with E-state index in [2.05, 4.69) is 5.32 Å². The molecule has 10 heteroatoms. The largest absolute Gasteiger partial charge is 0.343 e. The normalized spacial score (nSPS) is 23.8. The van der Waals surface area contributed by atoms with Gasteiger partial charge in [0.15, 0.2) is 0 Å². The Labute approximate surface area is 229 Å². The Kier molecular flexibility index (Phi) is 9.25. The topological polar surface area (TPSA) is 121 Å². The first-order chi connectivity index (χ1) is 18.3. The van der Waals surface area contributed by atoms with E-state index in [9.17, 15) is 14.4 Å². The molecule has 0 radical (unpaired) electrons. The van der Waals surface area contributed by atoms with Gasteiger partial charge in [-0.05, 0) is 61.6 Å². The van der Waals surface area contributed by atoms with Crippen molar-refractivity contribution in [2.24, 2.45) is 17.8 Å². The van der Waals surface area contributed by atoms with Gasteiger partial charge in [-0.3, -0.25) is 19.7 Å². The lowest BCUT2D eigenvalue weighted by atomic mass is 9.69. The third kappa shape index (κ3) is 6.46. The minimum atomic E-state index is -0.153. The molecule has 1 aromatic rings. The first kappa shape index (κ1) is 27.9. The second kappa shape index (κ2) is 12.6. The fourth-order valence-corrected chi connectivity index (χ4v) is 6.40. The van der Waals surface area contributed by atoms with Gasteiger partial charge in [-0.1, -0.05) is 17.7 Å². The highest BCUT2D eigenvalue weighted by molar-refractivity contribution is 6.31. The molecule has 3 atom stereocenters. The second-order valence-electron chi connectivity index (χ2n) is 10.7. The van der Waals surface area contributed by atoms with Crippen LogP contribution in [-0.4, -0.2) is 71.8 Å². The van der Waals surface area contributed by atoms with Crippen LogP contribution in [0.2, 0.25) is 5.02 Å². The number of halogens is 1. The summed E-state index contributed by atoms with van der Waals surface area (Å²) >= 11 is 6.12. The molecule has 3 amide bonds. The third-order valence-corrected chi connectivity index (χ3v) is 8.71. The Hall–Kier alpha value is -3.14. The predicted octanol–water partition coefficient (Wildman–Crippen LogP) is 2.89. The monoisotopic (exact) mass is 538 g/mol. The van der Waals surface area contributed by atoms with Gasteiger partial charge in [0.05, 0.1) is 29.2 Å². The Morgan fingerprint density at radius 2 is 1.92 bits per heavy atom. The van der Waals surface area contributed by atoms with Crippen LogP contribution in [0.5, 0.6) is 0 Å². The maximum atomic E-state index is 13.4. The molecule has 2 aliphatic heterocycles. The zero-order chi connectivity index (χ0) is 27.2. The zero-order valence-electron chi connectivity index (χ0n) is 21.9. The van der Waals surface area contributed by atoms with Crippen molar-refractivity contribution in [3.8, 4) is 12.1 Å². The van der Waals surface area contributed by atoms with E-state index < -0.39 is 0 Å². The van der Waals surface area contributed by atoms with Gasteiger partial charge in [-0.2, -0.15) is 10.5 Å². The molecule has 1 aliphatic carbocycles. The maximum Gasteiger partial charge on any atom is 0.242 e. The molecule has 1 saturated carbocycles. The Morgan fingerprint density at radius 3 is 2.61 bits per heavy atom. The molecule has 0 spiro atoms. The van der Waals surface area contributed by atoms with Crippen molar-refractivity contribution in [2.75, 3.05) is 33.4 Å². The lowest BCUT2D eigenvalue weighted by Crippen LogP contribution is -2.60. The van der Waals surface area contributed by atoms with E-state index in [-0.39, 0.29) is 42.6 Å². The SMILES string of the molecule is CN(Cc1ccc(C#N)c(Cl)c1)C(=O)CN1CNC2CCC(C3CCN(C(=O)CCC#N)CC3)CC2C1=O. The highest BCUT2D eigenvalue weighted by Crippen LogP contribution is 2.40. The molecule has 4 rings (SSSR count). The van der Waals surface area contributed by atoms with Crippen molar-refractivity contribution < 1.29 is 14.4 Å². The predicted molar refractivity (Wildman–Crippen MR) is 141 cm³/mol. The second-order valence-corrected chi connectivity index (χ2v) is 11.1. The van der Waals surface area contributed by atoms with E-state index in [4.69, 9.17) is 22.1 Å². The maximum absolute atomic E-state index is 13.4. The quantitative estimate of drug-likeness (QED) is 0.570. The highest BCUT2D eigenvalue weighted by atomic mass is 35.5. The van der Waals surface area contributed by atoms with Gasteiger partial charge in [0.2, 0.25) is 17.7 Å². The fraction of sp³-hybridized carbons (Fsp3) is 0.607. The van der Waals surface area contributed by atoms with Crippen LogP contribution in [0.4, 0.5) is 0 Å². The van der Waals surface area contributed by atoms with Crippen LogP contribution in [0, 0.1) is 40.4 Å². The molecule has 202 valence electrons. The summed E-state index contributed by atoms with van der Waals surface area (Å²) in [5.41, 5.74) is 1.21. The van der Waals surface area contributed by atoms with Gasteiger partial charge in [-0.25, -0.2) is 0 Å². The van der Waals surface area contributed by atoms with Crippen molar-refractivity contribution in [1.82, 2.24) is 20.0 Å². The Morgan fingerprint density at radius 1 is 1.16 bits per heavy atom. The number of amides is 3. The van der Waals surface area contributed by atoms with Crippen LogP contribution in [0.15, 0.2) is 18.2 Å². The van der Waals surface area contributed by atoms with Crippen LogP contribution in [-0.2, 0) is 20.9 Å². The number of carbonyl (C=O) groups is 3. The summed E-state index contributed by atoms with van der Waals surface area (Å²) in [7, 11) is 1.70. The first-order valence-electron chi connectivity index (χ1n) is 13.4. The molecule has 0 aromatic heterocycles. The number of benzene rings is 1. The van der Waals surface area contributed by atoms with Gasteiger partial charge in [0.25, 0.3) is 0 Å². The van der Waals surface area contributed by atoms with Gasteiger partial charge in [0.1, 0.15) is 12.6 Å². The number of fused-ring (bicyclic) bond motifs is 1. The molecule has 3 aliphatic rings. The van der Waals surface area contributed by atoms with Gasteiger partial charge < -0.3 is 14.7 Å². The molecular formula is C28H35ClN6O3. The molecule has 9 nitrogen and oxygen atoms in total. The summed E-state index contributed by atoms with van der Waals surface area (Å²) in [6.07, 6.45) is 5.26. The number of piperidine rings is 1. The lowest BCUT2D eigenvalue weighted by Gasteiger charge is -2.46. The minimum Gasteiger partial charge on any atom is -0.343 e. The molecule has 2 heterocycles. The van der Waals surface area contributed by atoms with Gasteiger partial charge in [0, 0.05) is 45.6 Å². The van der Waals surface area contributed by atoms with Crippen molar-refractivity contribution >= 4 is 29.3 Å². The number of nitrogens with one attached hydrogen (secondary N) is 1. The molecule has 38 heavy (non-hydrogen) atoms. The van der Waals surface area contributed by atoms with E-state index in [1.165, 1.54) is 0 Å². The molecular weight excluding hydrogens is 504 g/mol. The van der Waals surface area contributed by atoms with Gasteiger partial charge in [-0.15, -0.1) is 0 Å². The van der Waals surface area contributed by atoms with Gasteiger partial charge >= 0.3 is 0 Å². The van der Waals surface area contributed by atoms with Crippen molar-refractivity contribution in [2.45, 2.75) is 57.5 Å². The minimum absolute atomic E-state index is 0.0173. The summed E-state index contributed by atoms with van der Waals surface area (Å²) in [4.78, 5) is 43.7. The average molecular weight is 539 g/mol. The molecule has 1 N–H and O–H groups in total. The Balaban J connectivity index is 1.29. The number of likely N-dealkylation sites (N-methyl/N-ethyl adjacent to an activating group) is 1. The molecule has 2 saturated heterocycles. The summed E-state index contributed by atoms with van der Waals surface area (Å²) in [5.74, 6) is 0.760. The van der Waals surface area contributed by atoms with E-state index in [1.807, 2.05) is 17.0 Å². The van der Waals surface area contributed by atoms with Crippen molar-refractivity contribution in [3.63, 3.8) is 0 Å². The fourth-order valence-electron chi connectivity index (χ4n) is 6.16. The van der Waals surface area contributed by atoms with E-state index in [0.29, 0.717) is 42.1 Å². The highest BCUT2D eigenvalue weighted by Gasteiger charge is 2.43. The number of hydrogen-bond acceptors (Lipinski definition) is 6. The third-order valence-electron chi connectivity index (χ3n) is 8.40. The summed E-state index contributed by atoms with van der Waals surface area (Å²) in [5, 5.41) is 21.6. The summed E-state index contributed by atoms with van der Waals surface area (Å²) < 4.78 is 0. The van der Waals surface area contributed by atoms with Crippen molar-refractivity contribution in [3.05, 3.63) is 34.3 Å². The standard InChI is InChI=1S/C28H35ClN6O3/c1-33(16-19-4-5-22(15-31)24(29)13-19)27(37)17-35-18-32-25-7-6-21(14-23(25)28(35)38)20-8-11-34(12-9-20)26(36)3-2-10-30/h4-5,13,20-21,23,25,32H,2-3,6-9,11-12,14,16-18H2,1H3. The van der Waals surface area contributed by atoms with Crippen LogP contribution in [0.3, 0.4) is 0 Å². The number of nitrogens with zero attached hydrogens (tertiary/aromatic N) is 5. The first-order valence-corrected chi connectivity index (χ1v) is 13.8. The number of likely N-dealkylation sites (tertiary alicyclic amines) is 1. The molecule has 0 bridgehead atoms.